The summed E-state index contributed by atoms with van der Waals surface area (Å²) in [4.78, 5) is 6.09. The van der Waals surface area contributed by atoms with Gasteiger partial charge in [-0.2, -0.15) is 10.1 Å². The van der Waals surface area contributed by atoms with Crippen molar-refractivity contribution in [1.29, 1.82) is 0 Å². The average molecular weight is 291 g/mol. The number of halogens is 2. The van der Waals surface area contributed by atoms with Gasteiger partial charge in [-0.25, -0.2) is 8.78 Å². The lowest BCUT2D eigenvalue weighted by molar-refractivity contribution is 0.393. The second kappa shape index (κ2) is 5.51. The predicted molar refractivity (Wildman–Crippen MR) is 74.9 cm³/mol. The van der Waals surface area contributed by atoms with Gasteiger partial charge >= 0.3 is 0 Å². The zero-order valence-corrected chi connectivity index (χ0v) is 11.3. The summed E-state index contributed by atoms with van der Waals surface area (Å²) >= 11 is 0. The normalized spacial score (nSPS) is 19.2. The zero-order valence-electron chi connectivity index (χ0n) is 11.3. The molecule has 2 aromatic rings. The van der Waals surface area contributed by atoms with Crippen LogP contribution in [0.3, 0.4) is 0 Å². The molecule has 1 saturated heterocycles. The Kier molecular flexibility index (Phi) is 3.55. The van der Waals surface area contributed by atoms with Crippen molar-refractivity contribution in [2.45, 2.75) is 18.9 Å². The first kappa shape index (κ1) is 13.5. The molecule has 2 heterocycles. The van der Waals surface area contributed by atoms with Gasteiger partial charge in [-0.3, -0.25) is 5.10 Å². The third kappa shape index (κ3) is 2.86. The van der Waals surface area contributed by atoms with Crippen molar-refractivity contribution in [3.05, 3.63) is 47.7 Å². The van der Waals surface area contributed by atoms with Gasteiger partial charge < -0.3 is 10.6 Å². The van der Waals surface area contributed by atoms with Gasteiger partial charge in [-0.1, -0.05) is 0 Å². The number of nitrogens with two attached hydrogens (primary N) is 1. The summed E-state index contributed by atoms with van der Waals surface area (Å²) in [5.74, 6) is -0.308. The van der Waals surface area contributed by atoms with E-state index in [4.69, 9.17) is 5.73 Å². The van der Waals surface area contributed by atoms with Gasteiger partial charge in [-0.05, 0) is 30.5 Å². The van der Waals surface area contributed by atoms with Crippen molar-refractivity contribution in [3.63, 3.8) is 0 Å². The van der Waals surface area contributed by atoms with E-state index in [-0.39, 0.29) is 6.04 Å². The Bertz CT molecular complexity index is 633. The van der Waals surface area contributed by atoms with E-state index in [1.807, 2.05) is 4.90 Å². The van der Waals surface area contributed by atoms with E-state index in [0.29, 0.717) is 23.9 Å². The minimum absolute atomic E-state index is 0.165. The maximum atomic E-state index is 13.4. The highest BCUT2D eigenvalue weighted by Crippen LogP contribution is 2.32. The summed E-state index contributed by atoms with van der Waals surface area (Å²) in [6.07, 6.45) is 3.25. The van der Waals surface area contributed by atoms with E-state index in [1.165, 1.54) is 12.1 Å². The molecular formula is C14H15F2N5. The van der Waals surface area contributed by atoms with Gasteiger partial charge in [0.05, 0.1) is 12.2 Å². The van der Waals surface area contributed by atoms with Crippen molar-refractivity contribution in [1.82, 2.24) is 15.1 Å². The lowest BCUT2D eigenvalue weighted by Gasteiger charge is -2.25. The van der Waals surface area contributed by atoms with Gasteiger partial charge in [0.25, 0.3) is 0 Å². The van der Waals surface area contributed by atoms with Crippen LogP contribution in [0.1, 0.15) is 24.4 Å². The number of aromatic nitrogens is 2. The number of likely N-dealkylation sites (tertiary alicyclic amines) is 1. The van der Waals surface area contributed by atoms with Crippen LogP contribution in [0.2, 0.25) is 0 Å². The molecule has 0 radical (unpaired) electrons. The smallest absolute Gasteiger partial charge is 0.198 e. The summed E-state index contributed by atoms with van der Waals surface area (Å²) in [5, 5.41) is 6.50. The Morgan fingerprint density at radius 2 is 2.10 bits per heavy atom. The number of benzene rings is 1. The van der Waals surface area contributed by atoms with Crippen LogP contribution in [-0.4, -0.2) is 27.6 Å². The Labute approximate surface area is 120 Å². The van der Waals surface area contributed by atoms with E-state index < -0.39 is 11.6 Å². The Morgan fingerprint density at radius 1 is 1.33 bits per heavy atom. The third-order valence-electron chi connectivity index (χ3n) is 3.54. The lowest BCUT2D eigenvalue weighted by Crippen LogP contribution is -2.36. The Hall–Kier alpha value is -2.44. The summed E-state index contributed by atoms with van der Waals surface area (Å²) < 4.78 is 26.8. The third-order valence-corrected chi connectivity index (χ3v) is 3.54. The van der Waals surface area contributed by atoms with Crippen molar-refractivity contribution in [2.75, 3.05) is 6.54 Å². The molecule has 3 N–H and O–H groups in total. The van der Waals surface area contributed by atoms with Gasteiger partial charge in [-0.15, -0.1) is 0 Å². The highest BCUT2D eigenvalue weighted by Gasteiger charge is 2.28. The van der Waals surface area contributed by atoms with Crippen molar-refractivity contribution < 1.29 is 8.78 Å². The molecule has 1 aliphatic heterocycles. The number of nitrogens with one attached hydrogen (secondary N) is 1. The predicted octanol–water partition coefficient (Wildman–Crippen LogP) is 2.47. The molecule has 0 amide bonds. The van der Waals surface area contributed by atoms with E-state index in [2.05, 4.69) is 15.2 Å². The van der Waals surface area contributed by atoms with Crippen LogP contribution < -0.4 is 5.73 Å². The SMILES string of the molecule is N/C(=N\c1ccn[nH]1)N1CCC[C@@H]1c1cc(F)cc(F)c1. The molecular weight excluding hydrogens is 276 g/mol. The first-order valence-corrected chi connectivity index (χ1v) is 6.69. The van der Waals surface area contributed by atoms with Crippen LogP contribution in [0, 0.1) is 11.6 Å². The maximum Gasteiger partial charge on any atom is 0.198 e. The van der Waals surface area contributed by atoms with Gasteiger partial charge in [0.15, 0.2) is 11.8 Å². The summed E-state index contributed by atoms with van der Waals surface area (Å²) in [6, 6.07) is 5.08. The van der Waals surface area contributed by atoms with Crippen LogP contribution in [0.25, 0.3) is 0 Å². The molecule has 21 heavy (non-hydrogen) atoms. The molecule has 0 saturated carbocycles. The minimum atomic E-state index is -0.582. The van der Waals surface area contributed by atoms with Crippen molar-refractivity contribution in [2.24, 2.45) is 10.7 Å². The number of H-pyrrole nitrogens is 1. The van der Waals surface area contributed by atoms with E-state index >= 15 is 0 Å². The van der Waals surface area contributed by atoms with Gasteiger partial charge in [0.2, 0.25) is 0 Å². The molecule has 0 aliphatic carbocycles. The fourth-order valence-corrected chi connectivity index (χ4v) is 2.65. The lowest BCUT2D eigenvalue weighted by atomic mass is 10.0. The molecule has 7 heteroatoms. The van der Waals surface area contributed by atoms with Crippen molar-refractivity contribution >= 4 is 11.8 Å². The van der Waals surface area contributed by atoms with Gasteiger partial charge in [0.1, 0.15) is 11.6 Å². The molecule has 5 nitrogen and oxygen atoms in total. The molecule has 3 rings (SSSR count). The molecule has 1 aromatic carbocycles. The molecule has 1 aromatic heterocycles. The first-order chi connectivity index (χ1) is 10.1. The number of guanidine groups is 1. The van der Waals surface area contributed by atoms with Crippen LogP contribution in [0.15, 0.2) is 35.5 Å². The quantitative estimate of drug-likeness (QED) is 0.659. The molecule has 1 fully saturated rings. The summed E-state index contributed by atoms with van der Waals surface area (Å²) in [6.45, 7) is 0.701. The molecule has 110 valence electrons. The number of aromatic amines is 1. The Morgan fingerprint density at radius 3 is 2.76 bits per heavy atom. The second-order valence-electron chi connectivity index (χ2n) is 4.97. The topological polar surface area (TPSA) is 70.3 Å². The number of nitrogens with zero attached hydrogens (tertiary/aromatic N) is 3. The first-order valence-electron chi connectivity index (χ1n) is 6.69. The van der Waals surface area contributed by atoms with E-state index in [0.717, 1.165) is 18.9 Å². The van der Waals surface area contributed by atoms with Gasteiger partial charge in [0, 0.05) is 18.7 Å². The second-order valence-corrected chi connectivity index (χ2v) is 4.97. The fraction of sp³-hybridized carbons (Fsp3) is 0.286. The standard InChI is InChI=1S/C14H15F2N5/c15-10-6-9(7-11(16)8-10)12-2-1-5-21(12)14(17)19-13-3-4-18-20-13/h3-4,6-8,12H,1-2,5H2,(H3,17,18,19,20)/t12-/m1/s1. The van der Waals surface area contributed by atoms with E-state index in [1.54, 1.807) is 12.3 Å². The Balaban J connectivity index is 1.88. The van der Waals surface area contributed by atoms with E-state index in [9.17, 15) is 8.78 Å². The number of hydrogen-bond donors (Lipinski definition) is 2. The van der Waals surface area contributed by atoms with Crippen LogP contribution in [-0.2, 0) is 0 Å². The minimum Gasteiger partial charge on any atom is -0.369 e. The zero-order chi connectivity index (χ0) is 14.8. The summed E-state index contributed by atoms with van der Waals surface area (Å²) in [7, 11) is 0. The molecule has 1 atom stereocenters. The van der Waals surface area contributed by atoms with Crippen molar-refractivity contribution in [3.8, 4) is 0 Å². The largest absolute Gasteiger partial charge is 0.369 e. The fourth-order valence-electron chi connectivity index (χ4n) is 2.65. The van der Waals surface area contributed by atoms with Crippen LogP contribution in [0.4, 0.5) is 14.6 Å². The maximum absolute atomic E-state index is 13.4. The molecule has 0 bridgehead atoms. The molecule has 1 aliphatic rings. The number of aliphatic imine (C=N–C) groups is 1. The van der Waals surface area contributed by atoms with Crippen LogP contribution in [0.5, 0.6) is 0 Å². The molecule has 0 spiro atoms. The number of hydrogen-bond acceptors (Lipinski definition) is 2. The highest BCUT2D eigenvalue weighted by atomic mass is 19.1. The monoisotopic (exact) mass is 291 g/mol. The number of rotatable bonds is 2. The average Bonchev–Trinajstić information content (AvgIpc) is 3.07. The summed E-state index contributed by atoms with van der Waals surface area (Å²) in [5.41, 5.74) is 6.59. The van der Waals surface area contributed by atoms with Crippen LogP contribution >= 0.6 is 0 Å². The highest BCUT2D eigenvalue weighted by molar-refractivity contribution is 5.81. The molecule has 0 unspecified atom stereocenters.